The summed E-state index contributed by atoms with van der Waals surface area (Å²) in [4.78, 5) is 23.3. The van der Waals surface area contributed by atoms with Gasteiger partial charge in [-0.05, 0) is 68.1 Å². The van der Waals surface area contributed by atoms with E-state index in [2.05, 4.69) is 12.2 Å². The Morgan fingerprint density at radius 1 is 1.16 bits per heavy atom. The average molecular weight is 455 g/mol. The fraction of sp³-hybridized carbons (Fsp3) is 0.652. The minimum atomic E-state index is -1.14. The van der Waals surface area contributed by atoms with Crippen molar-refractivity contribution >= 4 is 29.1 Å². The Hall–Kier alpha value is -1.67. The summed E-state index contributed by atoms with van der Waals surface area (Å²) in [5.74, 6) is 0.0112. The molecule has 0 bridgehead atoms. The number of halogens is 1. The van der Waals surface area contributed by atoms with Crippen LogP contribution in [0.4, 0.5) is 5.69 Å². The maximum Gasteiger partial charge on any atom is 0.253 e. The van der Waals surface area contributed by atoms with Gasteiger partial charge in [-0.15, -0.1) is 0 Å². The van der Waals surface area contributed by atoms with Gasteiger partial charge >= 0.3 is 0 Å². The van der Waals surface area contributed by atoms with E-state index >= 15 is 0 Å². The van der Waals surface area contributed by atoms with Crippen molar-refractivity contribution in [3.8, 4) is 0 Å². The summed E-state index contributed by atoms with van der Waals surface area (Å²) in [5, 5.41) is 32.5. The minimum Gasteiger partial charge on any atom is -0.393 e. The third-order valence-corrected chi connectivity index (χ3v) is 6.61. The molecule has 0 aromatic heterocycles. The molecule has 2 rings (SSSR count). The molecule has 1 fully saturated rings. The summed E-state index contributed by atoms with van der Waals surface area (Å²) in [5.41, 5.74) is 2.18. The number of unbranched alkanes of at least 4 members (excludes halogenated alkanes) is 3. The average Bonchev–Trinajstić information content (AvgIpc) is 3.00. The zero-order valence-electron chi connectivity index (χ0n) is 18.1. The van der Waals surface area contributed by atoms with Crippen LogP contribution in [0, 0.1) is 17.8 Å². The number of benzene rings is 1. The van der Waals surface area contributed by atoms with E-state index in [0.717, 1.165) is 38.5 Å². The SMILES string of the molecule is C[C@H]1C[C@@H](O)C(CCC(O)C(=O)Nc2cccc(Cl)c2)[C@H]1CCCCCCC(=O)NO. The molecule has 8 heteroatoms. The van der Waals surface area contributed by atoms with Crippen LogP contribution >= 0.6 is 11.6 Å². The predicted octanol–water partition coefficient (Wildman–Crippen LogP) is 3.90. The van der Waals surface area contributed by atoms with Crippen LogP contribution in [0.1, 0.15) is 64.7 Å². The summed E-state index contributed by atoms with van der Waals surface area (Å²) >= 11 is 5.92. The van der Waals surface area contributed by atoms with Crippen molar-refractivity contribution in [2.24, 2.45) is 17.8 Å². The van der Waals surface area contributed by atoms with Crippen LogP contribution in [0.2, 0.25) is 5.02 Å². The largest absolute Gasteiger partial charge is 0.393 e. The lowest BCUT2D eigenvalue weighted by Crippen LogP contribution is -2.30. The molecule has 1 aromatic carbocycles. The summed E-state index contributed by atoms with van der Waals surface area (Å²) < 4.78 is 0. The Labute approximate surface area is 189 Å². The molecule has 2 amide bonds. The van der Waals surface area contributed by atoms with Gasteiger partial charge in [0.25, 0.3) is 5.91 Å². The van der Waals surface area contributed by atoms with Gasteiger partial charge in [0.1, 0.15) is 6.10 Å². The Morgan fingerprint density at radius 2 is 1.90 bits per heavy atom. The number of carbonyl (C=O) groups excluding carboxylic acids is 2. The van der Waals surface area contributed by atoms with Crippen molar-refractivity contribution in [1.82, 2.24) is 5.48 Å². The first-order chi connectivity index (χ1) is 14.8. The van der Waals surface area contributed by atoms with E-state index in [0.29, 0.717) is 41.8 Å². The van der Waals surface area contributed by atoms with Gasteiger partial charge in [0.05, 0.1) is 6.10 Å². The Morgan fingerprint density at radius 3 is 2.61 bits per heavy atom. The van der Waals surface area contributed by atoms with Crippen molar-refractivity contribution in [3.63, 3.8) is 0 Å². The third kappa shape index (κ3) is 8.41. The first-order valence-electron chi connectivity index (χ1n) is 11.2. The molecule has 31 heavy (non-hydrogen) atoms. The molecule has 0 aliphatic heterocycles. The lowest BCUT2D eigenvalue weighted by Gasteiger charge is -2.25. The van der Waals surface area contributed by atoms with Crippen LogP contribution in [0.25, 0.3) is 0 Å². The number of nitrogens with one attached hydrogen (secondary N) is 2. The van der Waals surface area contributed by atoms with E-state index in [-0.39, 0.29) is 11.8 Å². The molecule has 1 aromatic rings. The van der Waals surface area contributed by atoms with E-state index in [1.165, 1.54) is 0 Å². The fourth-order valence-corrected chi connectivity index (χ4v) is 4.88. The monoisotopic (exact) mass is 454 g/mol. The van der Waals surface area contributed by atoms with Crippen molar-refractivity contribution in [1.29, 1.82) is 0 Å². The van der Waals surface area contributed by atoms with Crippen LogP contribution in [0.5, 0.6) is 0 Å². The van der Waals surface area contributed by atoms with E-state index in [1.807, 2.05) is 0 Å². The normalized spacial score (nSPS) is 24.0. The molecule has 0 radical (unpaired) electrons. The Balaban J connectivity index is 1.76. The first-order valence-corrected chi connectivity index (χ1v) is 11.5. The molecule has 174 valence electrons. The maximum absolute atomic E-state index is 12.3. The van der Waals surface area contributed by atoms with Crippen LogP contribution in [0.15, 0.2) is 24.3 Å². The fourth-order valence-electron chi connectivity index (χ4n) is 4.69. The Bertz CT molecular complexity index is 717. The van der Waals surface area contributed by atoms with Crippen molar-refractivity contribution in [2.75, 3.05) is 5.32 Å². The molecule has 1 aliphatic carbocycles. The van der Waals surface area contributed by atoms with Gasteiger partial charge in [0.15, 0.2) is 0 Å². The number of aliphatic hydroxyl groups is 2. The second-order valence-electron chi connectivity index (χ2n) is 8.69. The lowest BCUT2D eigenvalue weighted by molar-refractivity contribution is -0.129. The van der Waals surface area contributed by atoms with Crippen LogP contribution in [0.3, 0.4) is 0 Å². The minimum absolute atomic E-state index is 0.0730. The third-order valence-electron chi connectivity index (χ3n) is 6.37. The molecule has 0 spiro atoms. The second kappa shape index (κ2) is 13.0. The number of anilines is 1. The molecular formula is C23H35ClN2O5. The number of hydroxylamine groups is 1. The number of carbonyl (C=O) groups is 2. The van der Waals surface area contributed by atoms with Crippen molar-refractivity contribution < 1.29 is 25.0 Å². The lowest BCUT2D eigenvalue weighted by atomic mass is 9.82. The zero-order chi connectivity index (χ0) is 22.8. The van der Waals surface area contributed by atoms with Gasteiger partial charge in [-0.3, -0.25) is 14.8 Å². The smallest absolute Gasteiger partial charge is 0.253 e. The highest BCUT2D eigenvalue weighted by atomic mass is 35.5. The molecule has 5 atom stereocenters. The summed E-state index contributed by atoms with van der Waals surface area (Å²) in [7, 11) is 0. The van der Waals surface area contributed by atoms with Gasteiger partial charge in [0, 0.05) is 17.1 Å². The number of hydrogen-bond donors (Lipinski definition) is 5. The molecule has 5 N–H and O–H groups in total. The maximum atomic E-state index is 12.3. The molecule has 1 saturated carbocycles. The first kappa shape index (κ1) is 25.6. The number of amides is 2. The van der Waals surface area contributed by atoms with Crippen LogP contribution in [-0.2, 0) is 9.59 Å². The van der Waals surface area contributed by atoms with E-state index in [4.69, 9.17) is 16.8 Å². The molecule has 1 aliphatic rings. The number of aliphatic hydroxyl groups excluding tert-OH is 2. The standard InChI is InChI=1S/C23H35ClN2O5/c1-15-13-21(28)19(18(15)9-4-2-3-5-10-22(29)26-31)11-12-20(27)23(30)25-17-8-6-7-16(24)14-17/h6-8,14-15,18-21,27-28,31H,2-5,9-13H2,1H3,(H,25,30)(H,26,29)/t15-,18-,19?,20?,21+/m0/s1. The highest BCUT2D eigenvalue weighted by molar-refractivity contribution is 6.30. The van der Waals surface area contributed by atoms with Crippen LogP contribution in [-0.4, -0.2) is 39.4 Å². The zero-order valence-corrected chi connectivity index (χ0v) is 18.9. The number of hydrogen-bond acceptors (Lipinski definition) is 5. The molecule has 7 nitrogen and oxygen atoms in total. The van der Waals surface area contributed by atoms with Crippen molar-refractivity contribution in [2.45, 2.75) is 76.9 Å². The molecule has 0 saturated heterocycles. The molecule has 0 heterocycles. The van der Waals surface area contributed by atoms with E-state index in [9.17, 15) is 19.8 Å². The molecule has 2 unspecified atom stereocenters. The van der Waals surface area contributed by atoms with Gasteiger partial charge in [-0.25, -0.2) is 5.48 Å². The van der Waals surface area contributed by atoms with Crippen molar-refractivity contribution in [3.05, 3.63) is 29.3 Å². The van der Waals surface area contributed by atoms with Crippen LogP contribution < -0.4 is 10.8 Å². The number of rotatable bonds is 12. The highest BCUT2D eigenvalue weighted by Gasteiger charge is 2.39. The second-order valence-corrected chi connectivity index (χ2v) is 9.13. The quantitative estimate of drug-likeness (QED) is 0.186. The summed E-state index contributed by atoms with van der Waals surface area (Å²) in [6.45, 7) is 2.15. The Kier molecular flexibility index (Phi) is 10.7. The van der Waals surface area contributed by atoms with Gasteiger partial charge in [-0.2, -0.15) is 0 Å². The van der Waals surface area contributed by atoms with Gasteiger partial charge < -0.3 is 15.5 Å². The predicted molar refractivity (Wildman–Crippen MR) is 120 cm³/mol. The van der Waals surface area contributed by atoms with Gasteiger partial charge in [-0.1, -0.05) is 43.9 Å². The van der Waals surface area contributed by atoms with E-state index < -0.39 is 18.1 Å². The summed E-state index contributed by atoms with van der Waals surface area (Å²) in [6.07, 6.45) is 5.08. The molecular weight excluding hydrogens is 420 g/mol. The summed E-state index contributed by atoms with van der Waals surface area (Å²) in [6, 6.07) is 6.78. The van der Waals surface area contributed by atoms with E-state index in [1.54, 1.807) is 29.7 Å². The topological polar surface area (TPSA) is 119 Å². The highest BCUT2D eigenvalue weighted by Crippen LogP contribution is 2.42. The van der Waals surface area contributed by atoms with Gasteiger partial charge in [0.2, 0.25) is 5.91 Å².